The molecule has 0 aliphatic carbocycles. The van der Waals surface area contributed by atoms with Crippen molar-refractivity contribution in [3.8, 4) is 5.75 Å². The predicted molar refractivity (Wildman–Crippen MR) is 135 cm³/mol. The second kappa shape index (κ2) is 9.82. The van der Waals surface area contributed by atoms with Gasteiger partial charge < -0.3 is 9.30 Å². The Bertz CT molecular complexity index is 1520. The number of aryl methyl sites for hydroxylation is 2. The van der Waals surface area contributed by atoms with Crippen LogP contribution in [0.15, 0.2) is 76.6 Å². The van der Waals surface area contributed by atoms with Crippen molar-refractivity contribution in [2.45, 2.75) is 31.7 Å². The average molecular weight is 496 g/mol. The Morgan fingerprint density at radius 2 is 1.79 bits per heavy atom. The molecule has 4 aromatic rings. The quantitative estimate of drug-likeness (QED) is 0.392. The maximum Gasteiger partial charge on any atom is 0.281 e. The number of sulfonamides is 1. The van der Waals surface area contributed by atoms with Crippen LogP contribution in [-0.2, 0) is 16.6 Å². The SMILES string of the molecule is CCCn1c(=NC(=O)c2ccccc2NS(=O)(=O)c2ccc(C)cc2)sc2cccc(OC)c21. The summed E-state index contributed by atoms with van der Waals surface area (Å²) in [6, 6.07) is 18.7. The molecular weight excluding hydrogens is 470 g/mol. The lowest BCUT2D eigenvalue weighted by atomic mass is 10.2. The van der Waals surface area contributed by atoms with Gasteiger partial charge in [-0.05, 0) is 49.7 Å². The van der Waals surface area contributed by atoms with Gasteiger partial charge in [0.2, 0.25) is 0 Å². The first-order valence-corrected chi connectivity index (χ1v) is 13.1. The molecule has 0 spiro atoms. The van der Waals surface area contributed by atoms with E-state index in [1.807, 2.05) is 36.6 Å². The highest BCUT2D eigenvalue weighted by Gasteiger charge is 2.19. The van der Waals surface area contributed by atoms with Crippen molar-refractivity contribution in [3.05, 3.63) is 82.7 Å². The molecule has 0 aliphatic heterocycles. The number of rotatable bonds is 7. The van der Waals surface area contributed by atoms with Crippen LogP contribution >= 0.6 is 11.3 Å². The first-order valence-electron chi connectivity index (χ1n) is 10.8. The minimum Gasteiger partial charge on any atom is -0.495 e. The van der Waals surface area contributed by atoms with Crippen molar-refractivity contribution in [2.75, 3.05) is 11.8 Å². The Labute approximate surface area is 202 Å². The average Bonchev–Trinajstić information content (AvgIpc) is 3.16. The number of carbonyl (C=O) groups excluding carboxylic acids is 1. The summed E-state index contributed by atoms with van der Waals surface area (Å²) in [5.41, 5.74) is 2.19. The smallest absolute Gasteiger partial charge is 0.281 e. The number of methoxy groups -OCH3 is 1. The highest BCUT2D eigenvalue weighted by Crippen LogP contribution is 2.28. The fourth-order valence-corrected chi connectivity index (χ4v) is 5.76. The van der Waals surface area contributed by atoms with Crippen LogP contribution in [0.2, 0.25) is 0 Å². The lowest BCUT2D eigenvalue weighted by Crippen LogP contribution is -2.19. The minimum atomic E-state index is -3.87. The molecule has 9 heteroatoms. The Morgan fingerprint density at radius 3 is 2.50 bits per heavy atom. The fourth-order valence-electron chi connectivity index (χ4n) is 3.61. The van der Waals surface area contributed by atoms with E-state index in [1.165, 1.54) is 23.5 Å². The zero-order valence-electron chi connectivity index (χ0n) is 19.1. The van der Waals surface area contributed by atoms with Gasteiger partial charge in [-0.1, -0.05) is 54.2 Å². The van der Waals surface area contributed by atoms with E-state index >= 15 is 0 Å². The van der Waals surface area contributed by atoms with Gasteiger partial charge in [-0.15, -0.1) is 0 Å². The molecule has 0 saturated heterocycles. The minimum absolute atomic E-state index is 0.120. The number of thiazole rings is 1. The molecule has 34 heavy (non-hydrogen) atoms. The van der Waals surface area contributed by atoms with Crippen LogP contribution in [0.4, 0.5) is 5.69 Å². The maximum atomic E-state index is 13.3. The monoisotopic (exact) mass is 495 g/mol. The topological polar surface area (TPSA) is 89.8 Å². The number of ether oxygens (including phenoxy) is 1. The molecule has 0 unspecified atom stereocenters. The molecular formula is C25H25N3O4S2. The molecule has 0 radical (unpaired) electrons. The molecule has 0 atom stereocenters. The lowest BCUT2D eigenvalue weighted by molar-refractivity contribution is 0.0998. The molecule has 1 heterocycles. The van der Waals surface area contributed by atoms with E-state index < -0.39 is 15.9 Å². The van der Waals surface area contributed by atoms with E-state index in [2.05, 4.69) is 9.71 Å². The Hall–Kier alpha value is -3.43. The van der Waals surface area contributed by atoms with Crippen LogP contribution in [0.5, 0.6) is 5.75 Å². The van der Waals surface area contributed by atoms with Gasteiger partial charge in [-0.2, -0.15) is 4.99 Å². The number of nitrogens with one attached hydrogen (secondary N) is 1. The van der Waals surface area contributed by atoms with E-state index in [-0.39, 0.29) is 16.1 Å². The van der Waals surface area contributed by atoms with E-state index in [1.54, 1.807) is 43.5 Å². The number of carbonyl (C=O) groups is 1. The summed E-state index contributed by atoms with van der Waals surface area (Å²) in [6.45, 7) is 4.59. The van der Waals surface area contributed by atoms with Gasteiger partial charge in [0.05, 0.1) is 28.0 Å². The zero-order chi connectivity index (χ0) is 24.3. The predicted octanol–water partition coefficient (Wildman–Crippen LogP) is 4.97. The maximum absolute atomic E-state index is 13.3. The van der Waals surface area contributed by atoms with Crippen molar-refractivity contribution in [1.29, 1.82) is 0 Å². The van der Waals surface area contributed by atoms with E-state index in [0.29, 0.717) is 17.1 Å². The number of anilines is 1. The van der Waals surface area contributed by atoms with E-state index in [0.717, 1.165) is 22.2 Å². The number of hydrogen-bond donors (Lipinski definition) is 1. The molecule has 3 aromatic carbocycles. The molecule has 0 saturated carbocycles. The zero-order valence-corrected chi connectivity index (χ0v) is 20.7. The van der Waals surface area contributed by atoms with Crippen LogP contribution in [0.1, 0.15) is 29.3 Å². The van der Waals surface area contributed by atoms with Crippen molar-refractivity contribution < 1.29 is 17.9 Å². The van der Waals surface area contributed by atoms with Crippen LogP contribution in [0.25, 0.3) is 10.2 Å². The van der Waals surface area contributed by atoms with Gasteiger partial charge in [0.25, 0.3) is 15.9 Å². The van der Waals surface area contributed by atoms with Gasteiger partial charge >= 0.3 is 0 Å². The van der Waals surface area contributed by atoms with Crippen molar-refractivity contribution in [1.82, 2.24) is 4.57 Å². The Balaban J connectivity index is 1.76. The number of benzene rings is 3. The van der Waals surface area contributed by atoms with Crippen LogP contribution < -0.4 is 14.3 Å². The lowest BCUT2D eigenvalue weighted by Gasteiger charge is -2.11. The first-order chi connectivity index (χ1) is 16.3. The number of para-hydroxylation sites is 2. The second-order valence-electron chi connectivity index (χ2n) is 7.72. The summed E-state index contributed by atoms with van der Waals surface area (Å²) in [4.78, 5) is 18.3. The summed E-state index contributed by atoms with van der Waals surface area (Å²) in [7, 11) is -2.26. The number of fused-ring (bicyclic) bond motifs is 1. The molecule has 1 amide bonds. The van der Waals surface area contributed by atoms with Crippen LogP contribution in [0, 0.1) is 6.92 Å². The van der Waals surface area contributed by atoms with E-state index in [9.17, 15) is 13.2 Å². The van der Waals surface area contributed by atoms with Crippen molar-refractivity contribution in [3.63, 3.8) is 0 Å². The number of amides is 1. The van der Waals surface area contributed by atoms with Gasteiger partial charge in [0.1, 0.15) is 11.3 Å². The largest absolute Gasteiger partial charge is 0.495 e. The van der Waals surface area contributed by atoms with E-state index in [4.69, 9.17) is 4.74 Å². The van der Waals surface area contributed by atoms with Crippen LogP contribution in [-0.4, -0.2) is 26.0 Å². The van der Waals surface area contributed by atoms with Crippen molar-refractivity contribution in [2.24, 2.45) is 4.99 Å². The fraction of sp³-hybridized carbons (Fsp3) is 0.200. The number of aromatic nitrogens is 1. The molecule has 1 N–H and O–H groups in total. The summed E-state index contributed by atoms with van der Waals surface area (Å²) in [5, 5.41) is 0. The third kappa shape index (κ3) is 4.76. The number of hydrogen-bond acceptors (Lipinski definition) is 5. The van der Waals surface area contributed by atoms with Crippen LogP contribution in [0.3, 0.4) is 0 Å². The third-order valence-corrected chi connectivity index (χ3v) is 7.69. The Kier molecular flexibility index (Phi) is 6.85. The molecule has 0 fully saturated rings. The molecule has 1 aromatic heterocycles. The normalized spacial score (nSPS) is 12.1. The molecule has 0 bridgehead atoms. The molecule has 4 rings (SSSR count). The first kappa shape index (κ1) is 23.7. The summed E-state index contributed by atoms with van der Waals surface area (Å²) < 4.78 is 36.8. The van der Waals surface area contributed by atoms with Crippen molar-refractivity contribution >= 4 is 43.2 Å². The summed E-state index contributed by atoms with van der Waals surface area (Å²) >= 11 is 1.39. The molecule has 7 nitrogen and oxygen atoms in total. The standard InChI is InChI=1S/C25H25N3O4S2/c1-4-16-28-23-21(32-3)10-7-11-22(23)33-25(28)26-24(29)19-8-5-6-9-20(19)27-34(30,31)18-14-12-17(2)13-15-18/h5-15,27H,4,16H2,1-3H3. The van der Waals surface area contributed by atoms with Gasteiger partial charge in [0.15, 0.2) is 4.80 Å². The highest BCUT2D eigenvalue weighted by atomic mass is 32.2. The molecule has 0 aliphatic rings. The summed E-state index contributed by atoms with van der Waals surface area (Å²) in [6.07, 6.45) is 0.845. The Morgan fingerprint density at radius 1 is 1.06 bits per heavy atom. The highest BCUT2D eigenvalue weighted by molar-refractivity contribution is 7.92. The third-order valence-electron chi connectivity index (χ3n) is 5.26. The summed E-state index contributed by atoms with van der Waals surface area (Å²) in [5.74, 6) is 0.180. The second-order valence-corrected chi connectivity index (χ2v) is 10.4. The molecule has 176 valence electrons. The van der Waals surface area contributed by atoms with Gasteiger partial charge in [-0.3, -0.25) is 9.52 Å². The number of nitrogens with zero attached hydrogens (tertiary/aromatic N) is 2. The van der Waals surface area contributed by atoms with Gasteiger partial charge in [0, 0.05) is 6.54 Å². The van der Waals surface area contributed by atoms with Gasteiger partial charge in [-0.25, -0.2) is 8.42 Å².